The number of benzene rings is 1. The highest BCUT2D eigenvalue weighted by molar-refractivity contribution is 9.10. The molecule has 2 aromatic rings. The van der Waals surface area contributed by atoms with Crippen LogP contribution >= 0.6 is 15.9 Å². The zero-order valence-electron chi connectivity index (χ0n) is 10.5. The van der Waals surface area contributed by atoms with Gasteiger partial charge in [0.15, 0.2) is 9.84 Å². The molecule has 0 saturated heterocycles. The van der Waals surface area contributed by atoms with E-state index in [-0.39, 0.29) is 10.9 Å². The van der Waals surface area contributed by atoms with Crippen LogP contribution in [0, 0.1) is 0 Å². The lowest BCUT2D eigenvalue weighted by atomic mass is 10.1. The Labute approximate surface area is 120 Å². The van der Waals surface area contributed by atoms with E-state index >= 15 is 0 Å². The quantitative estimate of drug-likeness (QED) is 0.925. The second-order valence-corrected chi connectivity index (χ2v) is 7.32. The Hall–Kier alpha value is -1.18. The van der Waals surface area contributed by atoms with Crippen LogP contribution in [0.1, 0.15) is 18.5 Å². The van der Waals surface area contributed by atoms with E-state index in [1.807, 2.05) is 25.1 Å². The summed E-state index contributed by atoms with van der Waals surface area (Å²) in [4.78, 5) is 0.183. The first-order valence-electron chi connectivity index (χ1n) is 5.59. The SMILES string of the molecule is CC(N)c1ccc(Br)cc1-n1cc(S(C)(=O)=O)cn1. The Balaban J connectivity index is 2.58. The third-order valence-corrected chi connectivity index (χ3v) is 4.28. The summed E-state index contributed by atoms with van der Waals surface area (Å²) >= 11 is 3.39. The molecule has 0 aliphatic heterocycles. The average molecular weight is 344 g/mol. The molecule has 0 saturated carbocycles. The molecule has 0 radical (unpaired) electrons. The van der Waals surface area contributed by atoms with Crippen LogP contribution in [0.5, 0.6) is 0 Å². The van der Waals surface area contributed by atoms with Gasteiger partial charge in [-0.25, -0.2) is 13.1 Å². The number of sulfone groups is 1. The van der Waals surface area contributed by atoms with E-state index in [9.17, 15) is 8.42 Å². The zero-order valence-corrected chi connectivity index (χ0v) is 12.9. The normalized spacial score (nSPS) is 13.5. The number of hydrogen-bond acceptors (Lipinski definition) is 4. The molecule has 102 valence electrons. The van der Waals surface area contributed by atoms with E-state index in [1.54, 1.807) is 0 Å². The third kappa shape index (κ3) is 3.05. The Kier molecular flexibility index (Phi) is 3.80. The Morgan fingerprint density at radius 3 is 2.63 bits per heavy atom. The van der Waals surface area contributed by atoms with E-state index in [0.717, 1.165) is 22.0 Å². The maximum atomic E-state index is 11.5. The molecule has 0 aliphatic rings. The van der Waals surface area contributed by atoms with Gasteiger partial charge in [0.2, 0.25) is 0 Å². The molecule has 19 heavy (non-hydrogen) atoms. The second kappa shape index (κ2) is 5.07. The smallest absolute Gasteiger partial charge is 0.178 e. The number of nitrogens with zero attached hydrogens (tertiary/aromatic N) is 2. The third-order valence-electron chi connectivity index (χ3n) is 2.72. The number of nitrogens with two attached hydrogens (primary N) is 1. The lowest BCUT2D eigenvalue weighted by Gasteiger charge is -2.13. The summed E-state index contributed by atoms with van der Waals surface area (Å²) in [6.45, 7) is 1.87. The molecule has 0 fully saturated rings. The van der Waals surface area contributed by atoms with Crippen molar-refractivity contribution in [2.45, 2.75) is 17.9 Å². The summed E-state index contributed by atoms with van der Waals surface area (Å²) < 4.78 is 25.4. The first-order valence-corrected chi connectivity index (χ1v) is 8.27. The number of hydrogen-bond donors (Lipinski definition) is 1. The van der Waals surface area contributed by atoms with Crippen molar-refractivity contribution >= 4 is 25.8 Å². The topological polar surface area (TPSA) is 78.0 Å². The Morgan fingerprint density at radius 1 is 1.42 bits per heavy atom. The molecule has 2 N–H and O–H groups in total. The van der Waals surface area contributed by atoms with Crippen molar-refractivity contribution in [2.75, 3.05) is 6.26 Å². The molecule has 1 heterocycles. The van der Waals surface area contributed by atoms with E-state index < -0.39 is 9.84 Å². The molecule has 0 amide bonds. The zero-order chi connectivity index (χ0) is 14.2. The van der Waals surface area contributed by atoms with Gasteiger partial charge in [-0.1, -0.05) is 22.0 Å². The molecule has 7 heteroatoms. The summed E-state index contributed by atoms with van der Waals surface area (Å²) in [6.07, 6.45) is 3.98. The average Bonchev–Trinajstić information content (AvgIpc) is 2.77. The van der Waals surface area contributed by atoms with Gasteiger partial charge in [-0.15, -0.1) is 0 Å². The highest BCUT2D eigenvalue weighted by atomic mass is 79.9. The van der Waals surface area contributed by atoms with Crippen molar-refractivity contribution in [3.63, 3.8) is 0 Å². The Bertz CT molecular complexity index is 708. The number of rotatable bonds is 3. The molecule has 0 spiro atoms. The Morgan fingerprint density at radius 2 is 2.11 bits per heavy atom. The van der Waals surface area contributed by atoms with Gasteiger partial charge in [-0.3, -0.25) is 0 Å². The fourth-order valence-electron chi connectivity index (χ4n) is 1.73. The standard InChI is InChI=1S/C12H14BrN3O2S/c1-8(14)11-4-3-9(13)5-12(11)16-7-10(6-15-16)19(2,17)18/h3-8H,14H2,1-2H3. The number of aromatic nitrogens is 2. The van der Waals surface area contributed by atoms with Crippen molar-refractivity contribution in [1.29, 1.82) is 0 Å². The van der Waals surface area contributed by atoms with Crippen molar-refractivity contribution in [3.05, 3.63) is 40.6 Å². The van der Waals surface area contributed by atoms with Crippen molar-refractivity contribution in [1.82, 2.24) is 9.78 Å². The minimum absolute atomic E-state index is 0.172. The van der Waals surface area contributed by atoms with Crippen molar-refractivity contribution in [2.24, 2.45) is 5.73 Å². The fraction of sp³-hybridized carbons (Fsp3) is 0.250. The summed E-state index contributed by atoms with van der Waals surface area (Å²) in [5.74, 6) is 0. The molecule has 2 rings (SSSR count). The lowest BCUT2D eigenvalue weighted by molar-refractivity contribution is 0.602. The van der Waals surface area contributed by atoms with Gasteiger partial charge in [-0.2, -0.15) is 5.10 Å². The molecule has 5 nitrogen and oxygen atoms in total. The minimum Gasteiger partial charge on any atom is -0.324 e. The highest BCUT2D eigenvalue weighted by Gasteiger charge is 2.14. The van der Waals surface area contributed by atoms with Gasteiger partial charge in [-0.05, 0) is 24.6 Å². The van der Waals surface area contributed by atoms with Crippen LogP contribution in [-0.2, 0) is 9.84 Å². The van der Waals surface area contributed by atoms with Crippen LogP contribution in [-0.4, -0.2) is 24.5 Å². The van der Waals surface area contributed by atoms with Crippen molar-refractivity contribution in [3.8, 4) is 5.69 Å². The number of halogens is 1. The molecule has 0 bridgehead atoms. The molecule has 1 unspecified atom stereocenters. The largest absolute Gasteiger partial charge is 0.324 e. The molecular weight excluding hydrogens is 330 g/mol. The monoisotopic (exact) mass is 343 g/mol. The van der Waals surface area contributed by atoms with Gasteiger partial charge >= 0.3 is 0 Å². The lowest BCUT2D eigenvalue weighted by Crippen LogP contribution is -2.10. The van der Waals surface area contributed by atoms with Gasteiger partial charge in [0.25, 0.3) is 0 Å². The van der Waals surface area contributed by atoms with Crippen LogP contribution in [0.15, 0.2) is 40.0 Å². The van der Waals surface area contributed by atoms with Gasteiger partial charge in [0.1, 0.15) is 4.90 Å². The summed E-state index contributed by atoms with van der Waals surface area (Å²) in [5, 5.41) is 4.10. The molecular formula is C12H14BrN3O2S. The highest BCUT2D eigenvalue weighted by Crippen LogP contribution is 2.24. The first kappa shape index (κ1) is 14.2. The van der Waals surface area contributed by atoms with Crippen LogP contribution in [0.25, 0.3) is 5.69 Å². The maximum Gasteiger partial charge on any atom is 0.178 e. The fourth-order valence-corrected chi connectivity index (χ4v) is 2.61. The van der Waals surface area contributed by atoms with E-state index in [1.165, 1.54) is 17.1 Å². The first-order chi connectivity index (χ1) is 8.79. The predicted molar refractivity (Wildman–Crippen MR) is 77.0 cm³/mol. The van der Waals surface area contributed by atoms with Gasteiger partial charge in [0, 0.05) is 23.0 Å². The molecule has 1 atom stereocenters. The van der Waals surface area contributed by atoms with Crippen LogP contribution in [0.3, 0.4) is 0 Å². The van der Waals surface area contributed by atoms with E-state index in [0.29, 0.717) is 0 Å². The maximum absolute atomic E-state index is 11.5. The molecule has 0 aliphatic carbocycles. The van der Waals surface area contributed by atoms with Gasteiger partial charge in [0.05, 0.1) is 11.9 Å². The van der Waals surface area contributed by atoms with Crippen LogP contribution in [0.2, 0.25) is 0 Å². The van der Waals surface area contributed by atoms with Crippen molar-refractivity contribution < 1.29 is 8.42 Å². The van der Waals surface area contributed by atoms with Crippen LogP contribution < -0.4 is 5.73 Å². The molecule has 1 aromatic heterocycles. The summed E-state index contributed by atoms with van der Waals surface area (Å²) in [6, 6.07) is 5.47. The predicted octanol–water partition coefficient (Wildman–Crippen LogP) is 2.06. The summed E-state index contributed by atoms with van der Waals surface area (Å²) in [5.41, 5.74) is 7.58. The van der Waals surface area contributed by atoms with Gasteiger partial charge < -0.3 is 5.73 Å². The molecule has 1 aromatic carbocycles. The second-order valence-electron chi connectivity index (χ2n) is 4.38. The van der Waals surface area contributed by atoms with E-state index in [2.05, 4.69) is 21.0 Å². The summed E-state index contributed by atoms with van der Waals surface area (Å²) in [7, 11) is -3.26. The van der Waals surface area contributed by atoms with Crippen LogP contribution in [0.4, 0.5) is 0 Å². The minimum atomic E-state index is -3.26. The van der Waals surface area contributed by atoms with E-state index in [4.69, 9.17) is 5.73 Å².